The third-order valence-corrected chi connectivity index (χ3v) is 5.82. The van der Waals surface area contributed by atoms with Gasteiger partial charge in [0.05, 0.1) is 4.90 Å². The molecule has 9 nitrogen and oxygen atoms in total. The van der Waals surface area contributed by atoms with Gasteiger partial charge < -0.3 is 15.0 Å². The normalized spacial score (nSPS) is 12.0. The molecule has 2 aromatic rings. The molecule has 2 N–H and O–H groups in total. The van der Waals surface area contributed by atoms with E-state index in [0.717, 1.165) is 5.56 Å². The lowest BCUT2D eigenvalue weighted by atomic mass is 10.1. The van der Waals surface area contributed by atoms with Crippen LogP contribution in [-0.4, -0.2) is 57.8 Å². The molecule has 0 heterocycles. The maximum Gasteiger partial charge on any atom is 0.324 e. The van der Waals surface area contributed by atoms with Crippen LogP contribution in [0, 0.1) is 6.92 Å². The molecule has 31 heavy (non-hydrogen) atoms. The summed E-state index contributed by atoms with van der Waals surface area (Å²) in [7, 11) is -1.00. The molecule has 0 spiro atoms. The molecule has 0 aliphatic carbocycles. The standard InChI is InChI=1S/C21H25N3O6S/c1-14-5-7-16(8-6-14)20(26)22-17-9-11-18(12-10-17)31(28,29)23-15(2)21(27)30-13-19(25)24(3)4/h5-12,15,23H,13H2,1-4H3,(H,22,26)/t15-/m1/s1. The van der Waals surface area contributed by atoms with Crippen LogP contribution in [0.5, 0.6) is 0 Å². The van der Waals surface area contributed by atoms with E-state index in [1.54, 1.807) is 12.1 Å². The number of hydrogen-bond acceptors (Lipinski definition) is 6. The highest BCUT2D eigenvalue weighted by atomic mass is 32.2. The molecule has 0 saturated carbocycles. The smallest absolute Gasteiger partial charge is 0.324 e. The lowest BCUT2D eigenvalue weighted by Gasteiger charge is -2.15. The van der Waals surface area contributed by atoms with E-state index in [1.165, 1.54) is 50.2 Å². The van der Waals surface area contributed by atoms with Crippen molar-refractivity contribution >= 4 is 33.5 Å². The highest BCUT2D eigenvalue weighted by Gasteiger charge is 2.24. The van der Waals surface area contributed by atoms with E-state index in [9.17, 15) is 22.8 Å². The first-order valence-electron chi connectivity index (χ1n) is 9.37. The molecule has 0 fully saturated rings. The first-order valence-corrected chi connectivity index (χ1v) is 10.8. The average molecular weight is 448 g/mol. The van der Waals surface area contributed by atoms with Gasteiger partial charge in [-0.25, -0.2) is 8.42 Å². The minimum absolute atomic E-state index is 0.0927. The molecule has 0 aromatic heterocycles. The number of anilines is 1. The van der Waals surface area contributed by atoms with Crippen LogP contribution in [0.1, 0.15) is 22.8 Å². The van der Waals surface area contributed by atoms with Gasteiger partial charge in [0.15, 0.2) is 6.61 Å². The van der Waals surface area contributed by atoms with Crippen LogP contribution < -0.4 is 10.0 Å². The summed E-state index contributed by atoms with van der Waals surface area (Å²) in [5.74, 6) is -1.62. The highest BCUT2D eigenvalue weighted by Crippen LogP contribution is 2.16. The van der Waals surface area contributed by atoms with Crippen LogP contribution >= 0.6 is 0 Å². The van der Waals surface area contributed by atoms with Crippen molar-refractivity contribution in [1.29, 1.82) is 0 Å². The fraction of sp³-hybridized carbons (Fsp3) is 0.286. The summed E-state index contributed by atoms with van der Waals surface area (Å²) >= 11 is 0. The van der Waals surface area contributed by atoms with Gasteiger partial charge in [-0.2, -0.15) is 4.72 Å². The van der Waals surface area contributed by atoms with E-state index in [0.29, 0.717) is 11.3 Å². The predicted octanol–water partition coefficient (Wildman–Crippen LogP) is 1.55. The topological polar surface area (TPSA) is 122 Å². The van der Waals surface area contributed by atoms with Crippen LogP contribution in [-0.2, 0) is 24.3 Å². The molecule has 0 saturated heterocycles. The van der Waals surface area contributed by atoms with Gasteiger partial charge in [-0.15, -0.1) is 0 Å². The maximum atomic E-state index is 12.5. The quantitative estimate of drug-likeness (QED) is 0.592. The minimum Gasteiger partial charge on any atom is -0.454 e. The van der Waals surface area contributed by atoms with E-state index in [1.807, 2.05) is 19.1 Å². The molecular formula is C21H25N3O6S. The molecule has 0 aliphatic heterocycles. The number of nitrogens with one attached hydrogen (secondary N) is 2. The fourth-order valence-corrected chi connectivity index (χ4v) is 3.55. The third-order valence-electron chi connectivity index (χ3n) is 4.26. The zero-order chi connectivity index (χ0) is 23.2. The zero-order valence-electron chi connectivity index (χ0n) is 17.7. The number of carbonyl (C=O) groups excluding carboxylic acids is 3. The number of ether oxygens (including phenoxy) is 1. The van der Waals surface area contributed by atoms with Crippen molar-refractivity contribution in [1.82, 2.24) is 9.62 Å². The van der Waals surface area contributed by atoms with Gasteiger partial charge in [0, 0.05) is 25.3 Å². The van der Waals surface area contributed by atoms with Gasteiger partial charge in [0.2, 0.25) is 10.0 Å². The van der Waals surface area contributed by atoms with Crippen molar-refractivity contribution in [2.45, 2.75) is 24.8 Å². The second-order valence-corrected chi connectivity index (χ2v) is 8.80. The van der Waals surface area contributed by atoms with Crippen molar-refractivity contribution in [3.8, 4) is 0 Å². The molecule has 2 aromatic carbocycles. The van der Waals surface area contributed by atoms with Crippen LogP contribution in [0.4, 0.5) is 5.69 Å². The number of esters is 1. The summed E-state index contributed by atoms with van der Waals surface area (Å²) in [5.41, 5.74) is 1.92. The summed E-state index contributed by atoms with van der Waals surface area (Å²) in [4.78, 5) is 36.8. The molecule has 0 bridgehead atoms. The first kappa shape index (κ1) is 24.0. The van der Waals surface area contributed by atoms with Gasteiger partial charge in [0.1, 0.15) is 6.04 Å². The van der Waals surface area contributed by atoms with E-state index >= 15 is 0 Å². The van der Waals surface area contributed by atoms with Gasteiger partial charge in [-0.3, -0.25) is 14.4 Å². The predicted molar refractivity (Wildman–Crippen MR) is 115 cm³/mol. The molecule has 0 aliphatic rings. The van der Waals surface area contributed by atoms with Crippen molar-refractivity contribution in [3.63, 3.8) is 0 Å². The number of amides is 2. The number of carbonyl (C=O) groups is 3. The van der Waals surface area contributed by atoms with Crippen LogP contribution in [0.2, 0.25) is 0 Å². The SMILES string of the molecule is Cc1ccc(C(=O)Nc2ccc(S(=O)(=O)N[C@H](C)C(=O)OCC(=O)N(C)C)cc2)cc1. The lowest BCUT2D eigenvalue weighted by Crippen LogP contribution is -2.40. The summed E-state index contributed by atoms with van der Waals surface area (Å²) in [6, 6.07) is 11.3. The number of benzene rings is 2. The van der Waals surface area contributed by atoms with Crippen LogP contribution in [0.15, 0.2) is 53.4 Å². The van der Waals surface area contributed by atoms with Gasteiger partial charge >= 0.3 is 5.97 Å². The third kappa shape index (κ3) is 6.90. The Hall–Kier alpha value is -3.24. The second kappa shape index (κ2) is 10.2. The molecule has 0 unspecified atom stereocenters. The zero-order valence-corrected chi connectivity index (χ0v) is 18.5. The largest absolute Gasteiger partial charge is 0.454 e. The van der Waals surface area contributed by atoms with E-state index < -0.39 is 34.5 Å². The number of rotatable bonds is 8. The molecule has 1 atom stereocenters. The van der Waals surface area contributed by atoms with Crippen LogP contribution in [0.25, 0.3) is 0 Å². The van der Waals surface area contributed by atoms with Gasteiger partial charge in [0.25, 0.3) is 11.8 Å². The highest BCUT2D eigenvalue weighted by molar-refractivity contribution is 7.89. The minimum atomic E-state index is -4.02. The Labute approximate surface area is 181 Å². The lowest BCUT2D eigenvalue weighted by molar-refractivity contribution is -0.152. The van der Waals surface area contributed by atoms with Crippen molar-refractivity contribution in [2.75, 3.05) is 26.0 Å². The van der Waals surface area contributed by atoms with Crippen molar-refractivity contribution in [2.24, 2.45) is 0 Å². The Kier molecular flexibility index (Phi) is 7.89. The maximum absolute atomic E-state index is 12.5. The monoisotopic (exact) mass is 447 g/mol. The summed E-state index contributed by atoms with van der Waals surface area (Å²) in [6.07, 6.45) is 0. The average Bonchev–Trinajstić information content (AvgIpc) is 2.72. The number of hydrogen-bond donors (Lipinski definition) is 2. The van der Waals surface area contributed by atoms with Crippen molar-refractivity contribution < 1.29 is 27.5 Å². The van der Waals surface area contributed by atoms with E-state index in [2.05, 4.69) is 10.0 Å². The summed E-state index contributed by atoms with van der Waals surface area (Å²) < 4.78 is 32.0. The second-order valence-electron chi connectivity index (χ2n) is 7.08. The van der Waals surface area contributed by atoms with E-state index in [-0.39, 0.29) is 10.8 Å². The molecule has 166 valence electrons. The molecule has 2 rings (SSSR count). The molecule has 2 amide bonds. The number of sulfonamides is 1. The Balaban J connectivity index is 1.98. The Bertz CT molecular complexity index is 1050. The summed E-state index contributed by atoms with van der Waals surface area (Å²) in [5, 5.41) is 2.69. The number of aryl methyl sites for hydroxylation is 1. The van der Waals surface area contributed by atoms with Crippen LogP contribution in [0.3, 0.4) is 0 Å². The summed E-state index contributed by atoms with van der Waals surface area (Å²) in [6.45, 7) is 2.75. The van der Waals surface area contributed by atoms with Gasteiger partial charge in [-0.1, -0.05) is 17.7 Å². The number of nitrogens with zero attached hydrogens (tertiary/aromatic N) is 1. The molecule has 0 radical (unpaired) electrons. The molecular weight excluding hydrogens is 422 g/mol. The number of likely N-dealkylation sites (N-methyl/N-ethyl adjacent to an activating group) is 1. The first-order chi connectivity index (χ1) is 14.5. The Morgan fingerprint density at radius 3 is 2.13 bits per heavy atom. The molecule has 10 heteroatoms. The fourth-order valence-electron chi connectivity index (χ4n) is 2.36. The van der Waals surface area contributed by atoms with E-state index in [4.69, 9.17) is 4.74 Å². The Morgan fingerprint density at radius 2 is 1.58 bits per heavy atom. The Morgan fingerprint density at radius 1 is 1.00 bits per heavy atom. The van der Waals surface area contributed by atoms with Gasteiger partial charge in [-0.05, 0) is 50.2 Å². The van der Waals surface area contributed by atoms with Crippen molar-refractivity contribution in [3.05, 3.63) is 59.7 Å².